The van der Waals surface area contributed by atoms with Gasteiger partial charge in [0.1, 0.15) is 11.5 Å². The molecule has 0 bridgehead atoms. The highest BCUT2D eigenvalue weighted by molar-refractivity contribution is 7.80. The summed E-state index contributed by atoms with van der Waals surface area (Å²) >= 11 is 5.46. The van der Waals surface area contributed by atoms with Gasteiger partial charge in [-0.25, -0.2) is 0 Å². The summed E-state index contributed by atoms with van der Waals surface area (Å²) in [6, 6.07) is 11.9. The highest BCUT2D eigenvalue weighted by atomic mass is 32.1. The number of benzene rings is 2. The normalized spacial score (nSPS) is 11.5. The van der Waals surface area contributed by atoms with Crippen LogP contribution < -0.4 is 20.1 Å². The van der Waals surface area contributed by atoms with Crippen molar-refractivity contribution < 1.29 is 9.47 Å². The van der Waals surface area contributed by atoms with Crippen molar-refractivity contribution in [3.63, 3.8) is 0 Å². The van der Waals surface area contributed by atoms with Gasteiger partial charge in [-0.3, -0.25) is 0 Å². The number of hydrogen-bond acceptors (Lipinski definition) is 3. The molecule has 2 N–H and O–H groups in total. The number of methoxy groups -OCH3 is 2. The maximum absolute atomic E-state index is 5.46. The molecule has 0 aromatic heterocycles. The first-order valence-corrected chi connectivity index (χ1v) is 8.22. The zero-order valence-electron chi connectivity index (χ0n) is 14.8. The minimum absolute atomic E-state index is 0.0276. The van der Waals surface area contributed by atoms with Gasteiger partial charge in [-0.15, -0.1) is 0 Å². The molecule has 2 aromatic rings. The zero-order chi connectivity index (χ0) is 17.7. The first-order valence-electron chi connectivity index (χ1n) is 7.81. The Morgan fingerprint density at radius 1 is 1.04 bits per heavy atom. The van der Waals surface area contributed by atoms with Crippen LogP contribution >= 0.6 is 12.2 Å². The van der Waals surface area contributed by atoms with Gasteiger partial charge in [-0.2, -0.15) is 0 Å². The van der Waals surface area contributed by atoms with Crippen LogP contribution in [0.5, 0.6) is 11.5 Å². The smallest absolute Gasteiger partial charge is 0.171 e. The van der Waals surface area contributed by atoms with Crippen molar-refractivity contribution in [3.05, 3.63) is 53.1 Å². The fourth-order valence-corrected chi connectivity index (χ4v) is 2.77. The molecule has 0 fully saturated rings. The van der Waals surface area contributed by atoms with E-state index in [0.29, 0.717) is 5.11 Å². The van der Waals surface area contributed by atoms with E-state index in [1.165, 1.54) is 5.56 Å². The van der Waals surface area contributed by atoms with Gasteiger partial charge < -0.3 is 20.1 Å². The Labute approximate surface area is 149 Å². The standard InChI is InChI=1S/C19H24N2O2S/c1-12-6-7-13(2)17(10-12)21-19(24)20-14(3)16-11-15(22-4)8-9-18(16)23-5/h6-11,14H,1-5H3,(H2,20,21,24)/t14-/m1/s1. The lowest BCUT2D eigenvalue weighted by atomic mass is 10.1. The highest BCUT2D eigenvalue weighted by Crippen LogP contribution is 2.29. The van der Waals surface area contributed by atoms with Gasteiger partial charge in [0.2, 0.25) is 0 Å². The molecule has 0 saturated heterocycles. The number of thiocarbonyl (C=S) groups is 1. The molecule has 0 unspecified atom stereocenters. The van der Waals surface area contributed by atoms with Crippen molar-refractivity contribution in [1.82, 2.24) is 5.32 Å². The van der Waals surface area contributed by atoms with Gasteiger partial charge in [-0.05, 0) is 68.4 Å². The van der Waals surface area contributed by atoms with Crippen LogP contribution in [-0.4, -0.2) is 19.3 Å². The second-order valence-corrected chi connectivity index (χ2v) is 6.15. The maximum Gasteiger partial charge on any atom is 0.171 e. The summed E-state index contributed by atoms with van der Waals surface area (Å²) in [6.07, 6.45) is 0. The highest BCUT2D eigenvalue weighted by Gasteiger charge is 2.14. The minimum atomic E-state index is -0.0276. The van der Waals surface area contributed by atoms with E-state index in [4.69, 9.17) is 21.7 Å². The topological polar surface area (TPSA) is 42.5 Å². The van der Waals surface area contributed by atoms with Crippen LogP contribution in [0.1, 0.15) is 29.7 Å². The van der Waals surface area contributed by atoms with Crippen LogP contribution in [0.4, 0.5) is 5.69 Å². The van der Waals surface area contributed by atoms with Gasteiger partial charge in [-0.1, -0.05) is 12.1 Å². The Morgan fingerprint density at radius 2 is 1.79 bits per heavy atom. The number of aryl methyl sites for hydroxylation is 2. The number of rotatable bonds is 5. The first-order chi connectivity index (χ1) is 11.4. The van der Waals surface area contributed by atoms with Crippen LogP contribution in [0.15, 0.2) is 36.4 Å². The van der Waals surface area contributed by atoms with Gasteiger partial charge in [0, 0.05) is 11.3 Å². The SMILES string of the molecule is COc1ccc(OC)c([C@@H](C)NC(=S)Nc2cc(C)ccc2C)c1. The molecule has 0 heterocycles. The third kappa shape index (κ3) is 4.38. The second-order valence-electron chi connectivity index (χ2n) is 5.75. The van der Waals surface area contributed by atoms with Gasteiger partial charge in [0.15, 0.2) is 5.11 Å². The van der Waals surface area contributed by atoms with Crippen LogP contribution in [0, 0.1) is 13.8 Å². The number of hydrogen-bond donors (Lipinski definition) is 2. The lowest BCUT2D eigenvalue weighted by Gasteiger charge is -2.21. The Bertz CT molecular complexity index is 731. The molecule has 0 saturated carbocycles. The Hall–Kier alpha value is -2.27. The molecule has 128 valence electrons. The van der Waals surface area contributed by atoms with Crippen LogP contribution in [-0.2, 0) is 0 Å². The summed E-state index contributed by atoms with van der Waals surface area (Å²) in [5.41, 5.74) is 4.34. The van der Waals surface area contributed by atoms with Crippen molar-refractivity contribution in [3.8, 4) is 11.5 Å². The van der Waals surface area contributed by atoms with E-state index >= 15 is 0 Å². The Balaban J connectivity index is 2.12. The molecule has 0 amide bonds. The molecule has 2 rings (SSSR count). The van der Waals surface area contributed by atoms with E-state index < -0.39 is 0 Å². The fraction of sp³-hybridized carbons (Fsp3) is 0.316. The van der Waals surface area contributed by atoms with E-state index in [0.717, 1.165) is 28.3 Å². The third-order valence-electron chi connectivity index (χ3n) is 3.89. The summed E-state index contributed by atoms with van der Waals surface area (Å²) in [5, 5.41) is 7.14. The molecule has 4 nitrogen and oxygen atoms in total. The van der Waals surface area contributed by atoms with Gasteiger partial charge in [0.25, 0.3) is 0 Å². The third-order valence-corrected chi connectivity index (χ3v) is 4.11. The molecule has 0 radical (unpaired) electrons. The van der Waals surface area contributed by atoms with Crippen LogP contribution in [0.25, 0.3) is 0 Å². The molecule has 1 atom stereocenters. The van der Waals surface area contributed by atoms with Crippen molar-refractivity contribution in [1.29, 1.82) is 0 Å². The summed E-state index contributed by atoms with van der Waals surface area (Å²) in [5.74, 6) is 1.58. The lowest BCUT2D eigenvalue weighted by Crippen LogP contribution is -2.31. The number of nitrogens with one attached hydrogen (secondary N) is 2. The molecular formula is C19H24N2O2S. The second kappa shape index (κ2) is 8.02. The van der Waals surface area contributed by atoms with E-state index in [2.05, 4.69) is 42.7 Å². The number of ether oxygens (including phenoxy) is 2. The first kappa shape index (κ1) is 18.1. The maximum atomic E-state index is 5.46. The summed E-state index contributed by atoms with van der Waals surface area (Å²) in [7, 11) is 3.31. The van der Waals surface area contributed by atoms with Crippen LogP contribution in [0.3, 0.4) is 0 Å². The minimum Gasteiger partial charge on any atom is -0.497 e. The predicted molar refractivity (Wildman–Crippen MR) is 103 cm³/mol. The average Bonchev–Trinajstić information content (AvgIpc) is 2.57. The largest absolute Gasteiger partial charge is 0.497 e. The Morgan fingerprint density at radius 3 is 2.46 bits per heavy atom. The molecular weight excluding hydrogens is 320 g/mol. The quantitative estimate of drug-likeness (QED) is 0.789. The zero-order valence-corrected chi connectivity index (χ0v) is 15.6. The van der Waals surface area contributed by atoms with Gasteiger partial charge in [0.05, 0.1) is 20.3 Å². The molecule has 2 aromatic carbocycles. The van der Waals surface area contributed by atoms with Gasteiger partial charge >= 0.3 is 0 Å². The summed E-state index contributed by atoms with van der Waals surface area (Å²) in [4.78, 5) is 0. The lowest BCUT2D eigenvalue weighted by molar-refractivity contribution is 0.395. The van der Waals surface area contributed by atoms with E-state index in [-0.39, 0.29) is 6.04 Å². The van der Waals surface area contributed by atoms with E-state index in [1.807, 2.05) is 25.1 Å². The van der Waals surface area contributed by atoms with Crippen LogP contribution in [0.2, 0.25) is 0 Å². The molecule has 0 aliphatic heterocycles. The van der Waals surface area contributed by atoms with Crippen molar-refractivity contribution in [2.45, 2.75) is 26.8 Å². The molecule has 5 heteroatoms. The molecule has 0 spiro atoms. The van der Waals surface area contributed by atoms with Crippen molar-refractivity contribution >= 4 is 23.0 Å². The molecule has 0 aliphatic rings. The predicted octanol–water partition coefficient (Wildman–Crippen LogP) is 4.37. The van der Waals surface area contributed by atoms with E-state index in [1.54, 1.807) is 14.2 Å². The monoisotopic (exact) mass is 344 g/mol. The Kier molecular flexibility index (Phi) is 6.04. The summed E-state index contributed by atoms with van der Waals surface area (Å²) < 4.78 is 10.7. The van der Waals surface area contributed by atoms with E-state index in [9.17, 15) is 0 Å². The number of anilines is 1. The summed E-state index contributed by atoms with van der Waals surface area (Å²) in [6.45, 7) is 6.15. The molecule has 24 heavy (non-hydrogen) atoms. The van der Waals surface area contributed by atoms with Crippen molar-refractivity contribution in [2.24, 2.45) is 0 Å². The average molecular weight is 344 g/mol. The van der Waals surface area contributed by atoms with Crippen molar-refractivity contribution in [2.75, 3.05) is 19.5 Å². The fourth-order valence-electron chi connectivity index (χ4n) is 2.48. The molecule has 0 aliphatic carbocycles.